The van der Waals surface area contributed by atoms with E-state index >= 15 is 0 Å². The molecule has 0 amide bonds. The molecule has 1 spiro atoms. The highest BCUT2D eigenvalue weighted by molar-refractivity contribution is 7.83. The van der Waals surface area contributed by atoms with Crippen molar-refractivity contribution in [3.05, 3.63) is 47.7 Å². The van der Waals surface area contributed by atoms with Gasteiger partial charge in [0.05, 0.1) is 5.69 Å². The molecule has 1 aromatic carbocycles. The van der Waals surface area contributed by atoms with Gasteiger partial charge in [-0.3, -0.25) is 14.1 Å². The van der Waals surface area contributed by atoms with Gasteiger partial charge in [0.25, 0.3) is 0 Å². The first kappa shape index (κ1) is 20.5. The number of hydrogen-bond acceptors (Lipinski definition) is 4. The lowest BCUT2D eigenvalue weighted by atomic mass is 9.81. The maximum absolute atomic E-state index is 11.4. The molecule has 0 aliphatic carbocycles. The quantitative estimate of drug-likeness (QED) is 0.740. The van der Waals surface area contributed by atoms with Crippen LogP contribution in [0.15, 0.2) is 36.5 Å². The van der Waals surface area contributed by atoms with E-state index in [1.165, 1.54) is 5.56 Å². The standard InChI is InChI=1S/C24H32N2O2S/c1-23(2,3)26-13-11-24(12-14-26)10-9-20-15-19(6-8-22(20)28-24)21-7-5-18(16-25-21)17-29(4)27/h5-8,15-16H,9-14,17H2,1-4H3. The predicted molar refractivity (Wildman–Crippen MR) is 120 cm³/mol. The van der Waals surface area contributed by atoms with Gasteiger partial charge in [-0.05, 0) is 81.8 Å². The Labute approximate surface area is 177 Å². The Morgan fingerprint density at radius 2 is 1.90 bits per heavy atom. The Morgan fingerprint density at radius 1 is 1.14 bits per heavy atom. The molecular weight excluding hydrogens is 380 g/mol. The molecule has 2 aliphatic heterocycles. The summed E-state index contributed by atoms with van der Waals surface area (Å²) in [6.45, 7) is 9.11. The molecule has 5 heteroatoms. The minimum Gasteiger partial charge on any atom is -0.487 e. The van der Waals surface area contributed by atoms with Crippen molar-refractivity contribution in [2.75, 3.05) is 19.3 Å². The highest BCUT2D eigenvalue weighted by Crippen LogP contribution is 2.41. The van der Waals surface area contributed by atoms with Crippen molar-refractivity contribution in [1.29, 1.82) is 0 Å². The maximum atomic E-state index is 11.4. The molecular formula is C24H32N2O2S. The smallest absolute Gasteiger partial charge is 0.123 e. The van der Waals surface area contributed by atoms with Crippen LogP contribution in [0, 0.1) is 0 Å². The van der Waals surface area contributed by atoms with Crippen LogP contribution in [-0.4, -0.2) is 44.6 Å². The molecule has 1 saturated heterocycles. The molecule has 4 nitrogen and oxygen atoms in total. The van der Waals surface area contributed by atoms with Gasteiger partial charge in [-0.15, -0.1) is 0 Å². The summed E-state index contributed by atoms with van der Waals surface area (Å²) < 4.78 is 18.0. The summed E-state index contributed by atoms with van der Waals surface area (Å²) >= 11 is 0. The normalized spacial score (nSPS) is 20.1. The number of benzene rings is 1. The Morgan fingerprint density at radius 3 is 2.52 bits per heavy atom. The fraction of sp³-hybridized carbons (Fsp3) is 0.542. The van der Waals surface area contributed by atoms with Crippen molar-refractivity contribution in [2.24, 2.45) is 0 Å². The lowest BCUT2D eigenvalue weighted by Crippen LogP contribution is -2.54. The largest absolute Gasteiger partial charge is 0.487 e. The van der Waals surface area contributed by atoms with E-state index in [1.54, 1.807) is 6.26 Å². The number of hydrogen-bond donors (Lipinski definition) is 0. The SMILES string of the molecule is CS(=O)Cc1ccc(-c2ccc3c(c2)CCC2(CCN(C(C)(C)C)CC2)O3)nc1. The number of rotatable bonds is 3. The van der Waals surface area contributed by atoms with E-state index in [-0.39, 0.29) is 11.1 Å². The van der Waals surface area contributed by atoms with Gasteiger partial charge in [-0.25, -0.2) is 0 Å². The minimum atomic E-state index is -0.842. The number of pyridine rings is 1. The highest BCUT2D eigenvalue weighted by atomic mass is 32.2. The average molecular weight is 413 g/mol. The fourth-order valence-electron chi connectivity index (χ4n) is 4.53. The molecule has 0 radical (unpaired) electrons. The van der Waals surface area contributed by atoms with Crippen LogP contribution < -0.4 is 4.74 Å². The second-order valence-corrected chi connectivity index (χ2v) is 11.0. The summed E-state index contributed by atoms with van der Waals surface area (Å²) in [7, 11) is -0.842. The Bertz CT molecular complexity index is 894. The van der Waals surface area contributed by atoms with Gasteiger partial charge in [-0.1, -0.05) is 6.07 Å². The minimum absolute atomic E-state index is 0.00592. The third kappa shape index (κ3) is 4.56. The van der Waals surface area contributed by atoms with Crippen LogP contribution in [0.2, 0.25) is 0 Å². The first-order chi connectivity index (χ1) is 13.7. The van der Waals surface area contributed by atoms with Gasteiger partial charge in [0.2, 0.25) is 0 Å². The topological polar surface area (TPSA) is 42.4 Å². The van der Waals surface area contributed by atoms with Gasteiger partial charge in [0.15, 0.2) is 0 Å². The number of aromatic nitrogens is 1. The fourth-order valence-corrected chi connectivity index (χ4v) is 5.17. The van der Waals surface area contributed by atoms with E-state index < -0.39 is 10.8 Å². The van der Waals surface area contributed by atoms with Crippen molar-refractivity contribution >= 4 is 10.8 Å². The monoisotopic (exact) mass is 412 g/mol. The molecule has 2 aliphatic rings. The molecule has 2 aromatic rings. The van der Waals surface area contributed by atoms with Crippen molar-refractivity contribution < 1.29 is 8.95 Å². The Kier molecular flexibility index (Phi) is 5.56. The summed E-state index contributed by atoms with van der Waals surface area (Å²) in [6.07, 6.45) is 7.92. The zero-order valence-electron chi connectivity index (χ0n) is 18.0. The van der Waals surface area contributed by atoms with Gasteiger partial charge < -0.3 is 4.74 Å². The molecule has 1 atom stereocenters. The van der Waals surface area contributed by atoms with Crippen molar-refractivity contribution in [1.82, 2.24) is 9.88 Å². The third-order valence-electron chi connectivity index (χ3n) is 6.35. The summed E-state index contributed by atoms with van der Waals surface area (Å²) in [5.74, 6) is 1.60. The summed E-state index contributed by atoms with van der Waals surface area (Å²) in [5.41, 5.74) is 4.61. The number of ether oxygens (including phenoxy) is 1. The molecule has 1 aromatic heterocycles. The molecule has 0 N–H and O–H groups in total. The molecule has 0 bridgehead atoms. The van der Waals surface area contributed by atoms with Gasteiger partial charge >= 0.3 is 0 Å². The number of likely N-dealkylation sites (tertiary alicyclic amines) is 1. The van der Waals surface area contributed by atoms with Crippen LogP contribution in [0.5, 0.6) is 5.75 Å². The van der Waals surface area contributed by atoms with Gasteiger partial charge in [0, 0.05) is 53.2 Å². The lowest BCUT2D eigenvalue weighted by molar-refractivity contribution is -0.0355. The second kappa shape index (κ2) is 7.84. The Balaban J connectivity index is 1.47. The number of aryl methyl sites for hydroxylation is 1. The van der Waals surface area contributed by atoms with Crippen LogP contribution in [-0.2, 0) is 23.0 Å². The van der Waals surface area contributed by atoms with E-state index in [1.807, 2.05) is 18.3 Å². The molecule has 3 heterocycles. The Hall–Kier alpha value is -1.72. The van der Waals surface area contributed by atoms with E-state index in [2.05, 4.69) is 48.9 Å². The number of nitrogens with zero attached hydrogens (tertiary/aromatic N) is 2. The first-order valence-electron chi connectivity index (χ1n) is 10.6. The third-order valence-corrected chi connectivity index (χ3v) is 7.09. The summed E-state index contributed by atoms with van der Waals surface area (Å²) in [5, 5.41) is 0. The lowest BCUT2D eigenvalue weighted by Gasteiger charge is -2.48. The first-order valence-corrected chi connectivity index (χ1v) is 12.3. The van der Waals surface area contributed by atoms with Crippen LogP contribution in [0.3, 0.4) is 0 Å². The number of fused-ring (bicyclic) bond motifs is 1. The average Bonchev–Trinajstić information content (AvgIpc) is 2.67. The van der Waals surface area contributed by atoms with Gasteiger partial charge in [-0.2, -0.15) is 0 Å². The van der Waals surface area contributed by atoms with Crippen molar-refractivity contribution in [3.63, 3.8) is 0 Å². The van der Waals surface area contributed by atoms with Gasteiger partial charge in [0.1, 0.15) is 11.4 Å². The maximum Gasteiger partial charge on any atom is 0.123 e. The molecule has 1 unspecified atom stereocenters. The summed E-state index contributed by atoms with van der Waals surface area (Å²) in [4.78, 5) is 7.16. The van der Waals surface area contributed by atoms with Crippen molar-refractivity contribution in [2.45, 2.75) is 63.3 Å². The molecule has 1 fully saturated rings. The van der Waals surface area contributed by atoms with Crippen LogP contribution in [0.25, 0.3) is 11.3 Å². The van der Waals surface area contributed by atoms with E-state index in [0.29, 0.717) is 5.75 Å². The molecule has 29 heavy (non-hydrogen) atoms. The summed E-state index contributed by atoms with van der Waals surface area (Å²) in [6, 6.07) is 10.5. The zero-order chi connectivity index (χ0) is 20.6. The molecule has 0 saturated carbocycles. The van der Waals surface area contributed by atoms with Crippen LogP contribution in [0.4, 0.5) is 0 Å². The zero-order valence-corrected chi connectivity index (χ0v) is 18.8. The second-order valence-electron chi connectivity index (χ2n) is 9.53. The molecule has 156 valence electrons. The number of piperidine rings is 1. The molecule has 4 rings (SSSR count). The van der Waals surface area contributed by atoms with Crippen LogP contribution in [0.1, 0.15) is 51.2 Å². The van der Waals surface area contributed by atoms with E-state index in [9.17, 15) is 4.21 Å². The predicted octanol–water partition coefficient (Wildman–Crippen LogP) is 4.59. The van der Waals surface area contributed by atoms with E-state index in [0.717, 1.165) is 61.3 Å². The highest BCUT2D eigenvalue weighted by Gasteiger charge is 2.41. The van der Waals surface area contributed by atoms with E-state index in [4.69, 9.17) is 4.74 Å². The van der Waals surface area contributed by atoms with Crippen LogP contribution >= 0.6 is 0 Å². The van der Waals surface area contributed by atoms with Crippen molar-refractivity contribution in [3.8, 4) is 17.0 Å².